The minimum absolute atomic E-state index is 0.478. The number of hydrogen-bond acceptors (Lipinski definition) is 4. The van der Waals surface area contributed by atoms with E-state index in [9.17, 15) is 0 Å². The fourth-order valence-electron chi connectivity index (χ4n) is 2.99. The molecule has 0 saturated carbocycles. The average Bonchev–Trinajstić information content (AvgIpc) is 2.86. The molecule has 0 amide bonds. The molecule has 5 heteroatoms. The zero-order valence-corrected chi connectivity index (χ0v) is 10.5. The summed E-state index contributed by atoms with van der Waals surface area (Å²) in [6.45, 7) is 2.43. The summed E-state index contributed by atoms with van der Waals surface area (Å²) in [5.41, 5.74) is 6.24. The van der Waals surface area contributed by atoms with Crippen LogP contribution in [0.4, 0.5) is 11.5 Å². The van der Waals surface area contributed by atoms with Crippen LogP contribution in [-0.4, -0.2) is 35.1 Å². The molecule has 2 atom stereocenters. The topological polar surface area (TPSA) is 54.2 Å². The minimum Gasteiger partial charge on any atom is -0.397 e. The number of nitrogens with two attached hydrogens (primary N) is 1. The highest BCUT2D eigenvalue weighted by Gasteiger charge is 2.37. The van der Waals surface area contributed by atoms with E-state index < -0.39 is 0 Å². The number of aromatic nitrogens is 1. The summed E-state index contributed by atoms with van der Waals surface area (Å²) in [6.07, 6.45) is 5.42. The molecular weight excluding hydrogens is 236 g/mol. The average molecular weight is 253 g/mol. The van der Waals surface area contributed by atoms with E-state index in [2.05, 4.69) is 15.2 Å². The van der Waals surface area contributed by atoms with Gasteiger partial charge in [0.25, 0.3) is 0 Å². The monoisotopic (exact) mass is 252 g/mol. The van der Waals surface area contributed by atoms with Gasteiger partial charge in [-0.25, -0.2) is 4.98 Å². The maximum atomic E-state index is 6.13. The minimum atomic E-state index is 0.478. The molecule has 1 aromatic rings. The third kappa shape index (κ3) is 2.07. The third-order valence-corrected chi connectivity index (χ3v) is 4.08. The Hall–Kier alpha value is -1.00. The Bertz CT molecular complexity index is 423. The number of nitrogen functional groups attached to an aromatic ring is 1. The second-order valence-corrected chi connectivity index (χ2v) is 5.29. The lowest BCUT2D eigenvalue weighted by Crippen LogP contribution is -2.34. The van der Waals surface area contributed by atoms with Crippen molar-refractivity contribution in [3.05, 3.63) is 17.3 Å². The van der Waals surface area contributed by atoms with Gasteiger partial charge in [-0.05, 0) is 31.9 Å². The van der Waals surface area contributed by atoms with Gasteiger partial charge in [0, 0.05) is 18.6 Å². The molecule has 3 heterocycles. The van der Waals surface area contributed by atoms with Crippen molar-refractivity contribution < 1.29 is 0 Å². The van der Waals surface area contributed by atoms with Gasteiger partial charge in [-0.3, -0.25) is 4.90 Å². The van der Waals surface area contributed by atoms with Crippen molar-refractivity contribution in [1.29, 1.82) is 0 Å². The van der Waals surface area contributed by atoms with Crippen LogP contribution in [0.3, 0.4) is 0 Å². The van der Waals surface area contributed by atoms with Crippen LogP contribution < -0.4 is 11.1 Å². The first-order chi connectivity index (χ1) is 8.24. The Morgan fingerprint density at radius 3 is 3.12 bits per heavy atom. The standard InChI is InChI=1S/C12H17ClN4/c13-9-6-8(14)7-15-12(9)16-10-3-5-17-4-1-2-11(10)17/h6-7,10-11H,1-5,14H2,(H,15,16). The lowest BCUT2D eigenvalue weighted by atomic mass is 10.1. The summed E-state index contributed by atoms with van der Waals surface area (Å²) in [5, 5.41) is 4.08. The van der Waals surface area contributed by atoms with Crippen molar-refractivity contribution in [2.75, 3.05) is 24.1 Å². The fourth-order valence-corrected chi connectivity index (χ4v) is 3.21. The molecular formula is C12H17ClN4. The Balaban J connectivity index is 1.74. The molecule has 17 heavy (non-hydrogen) atoms. The molecule has 2 saturated heterocycles. The summed E-state index contributed by atoms with van der Waals surface area (Å²) in [4.78, 5) is 6.83. The normalized spacial score (nSPS) is 28.3. The van der Waals surface area contributed by atoms with Gasteiger partial charge >= 0.3 is 0 Å². The van der Waals surface area contributed by atoms with E-state index in [1.807, 2.05) is 0 Å². The van der Waals surface area contributed by atoms with Crippen LogP contribution in [-0.2, 0) is 0 Å². The number of nitrogens with one attached hydrogen (secondary N) is 1. The number of halogens is 1. The molecule has 0 aromatic carbocycles. The van der Waals surface area contributed by atoms with Gasteiger partial charge in [0.1, 0.15) is 5.82 Å². The fraction of sp³-hybridized carbons (Fsp3) is 0.583. The second-order valence-electron chi connectivity index (χ2n) is 4.88. The van der Waals surface area contributed by atoms with E-state index in [4.69, 9.17) is 17.3 Å². The number of fused-ring (bicyclic) bond motifs is 1. The van der Waals surface area contributed by atoms with Crippen LogP contribution in [0, 0.1) is 0 Å². The quantitative estimate of drug-likeness (QED) is 0.845. The van der Waals surface area contributed by atoms with Gasteiger partial charge in [-0.1, -0.05) is 11.6 Å². The Morgan fingerprint density at radius 1 is 1.41 bits per heavy atom. The molecule has 1 aromatic heterocycles. The molecule has 0 bridgehead atoms. The van der Waals surface area contributed by atoms with Crippen molar-refractivity contribution in [2.45, 2.75) is 31.3 Å². The van der Waals surface area contributed by atoms with Gasteiger partial charge in [0.15, 0.2) is 0 Å². The van der Waals surface area contributed by atoms with E-state index >= 15 is 0 Å². The highest BCUT2D eigenvalue weighted by molar-refractivity contribution is 6.33. The van der Waals surface area contributed by atoms with Gasteiger partial charge in [0.05, 0.1) is 16.9 Å². The Kier molecular flexibility index (Phi) is 2.84. The van der Waals surface area contributed by atoms with E-state index in [0.717, 1.165) is 5.82 Å². The zero-order valence-electron chi connectivity index (χ0n) is 9.69. The zero-order chi connectivity index (χ0) is 11.8. The van der Waals surface area contributed by atoms with Crippen LogP contribution in [0.2, 0.25) is 5.02 Å². The SMILES string of the molecule is Nc1cnc(NC2CCN3CCCC23)c(Cl)c1. The Labute approximate surface area is 106 Å². The number of hydrogen-bond donors (Lipinski definition) is 2. The largest absolute Gasteiger partial charge is 0.397 e. The van der Waals surface area contributed by atoms with Crippen LogP contribution in [0.1, 0.15) is 19.3 Å². The van der Waals surface area contributed by atoms with Crippen LogP contribution in [0.25, 0.3) is 0 Å². The van der Waals surface area contributed by atoms with Gasteiger partial charge in [0.2, 0.25) is 0 Å². The molecule has 3 rings (SSSR count). The second kappa shape index (κ2) is 4.35. The lowest BCUT2D eigenvalue weighted by Gasteiger charge is -2.22. The number of rotatable bonds is 2. The molecule has 4 nitrogen and oxygen atoms in total. The highest BCUT2D eigenvalue weighted by atomic mass is 35.5. The first kappa shape index (κ1) is 11.1. The van der Waals surface area contributed by atoms with E-state index in [0.29, 0.717) is 22.8 Å². The summed E-state index contributed by atoms with van der Waals surface area (Å²) in [7, 11) is 0. The smallest absolute Gasteiger partial charge is 0.145 e. The van der Waals surface area contributed by atoms with Crippen molar-refractivity contribution in [1.82, 2.24) is 9.88 Å². The molecule has 92 valence electrons. The molecule has 2 aliphatic rings. The summed E-state index contributed by atoms with van der Waals surface area (Å²) in [6, 6.07) is 2.88. The summed E-state index contributed by atoms with van der Waals surface area (Å²) in [5.74, 6) is 0.764. The molecule has 2 aliphatic heterocycles. The molecule has 3 N–H and O–H groups in total. The molecule has 2 fully saturated rings. The Morgan fingerprint density at radius 2 is 2.29 bits per heavy atom. The van der Waals surface area contributed by atoms with E-state index in [1.54, 1.807) is 12.3 Å². The van der Waals surface area contributed by atoms with Crippen molar-refractivity contribution in [3.63, 3.8) is 0 Å². The third-order valence-electron chi connectivity index (χ3n) is 3.79. The number of anilines is 2. The van der Waals surface area contributed by atoms with Crippen molar-refractivity contribution >= 4 is 23.1 Å². The molecule has 0 radical (unpaired) electrons. The molecule has 0 spiro atoms. The number of pyridine rings is 1. The number of nitrogens with zero attached hydrogens (tertiary/aromatic N) is 2. The first-order valence-electron chi connectivity index (χ1n) is 6.15. The van der Waals surface area contributed by atoms with E-state index in [1.165, 1.54) is 32.4 Å². The maximum absolute atomic E-state index is 6.13. The van der Waals surface area contributed by atoms with Gasteiger partial charge in [-0.15, -0.1) is 0 Å². The van der Waals surface area contributed by atoms with Gasteiger partial charge < -0.3 is 11.1 Å². The van der Waals surface area contributed by atoms with Crippen LogP contribution in [0.15, 0.2) is 12.3 Å². The summed E-state index contributed by atoms with van der Waals surface area (Å²) < 4.78 is 0. The van der Waals surface area contributed by atoms with Crippen LogP contribution in [0.5, 0.6) is 0 Å². The molecule has 0 aliphatic carbocycles. The predicted octanol–water partition coefficient (Wildman–Crippen LogP) is 1.97. The predicted molar refractivity (Wildman–Crippen MR) is 70.3 cm³/mol. The van der Waals surface area contributed by atoms with Gasteiger partial charge in [-0.2, -0.15) is 0 Å². The summed E-state index contributed by atoms with van der Waals surface area (Å²) >= 11 is 6.13. The lowest BCUT2D eigenvalue weighted by molar-refractivity contribution is 0.318. The molecule has 2 unspecified atom stereocenters. The van der Waals surface area contributed by atoms with E-state index in [-0.39, 0.29) is 0 Å². The van der Waals surface area contributed by atoms with Crippen LogP contribution >= 0.6 is 11.6 Å². The highest BCUT2D eigenvalue weighted by Crippen LogP contribution is 2.31. The van der Waals surface area contributed by atoms with Crippen molar-refractivity contribution in [3.8, 4) is 0 Å². The maximum Gasteiger partial charge on any atom is 0.145 e. The first-order valence-corrected chi connectivity index (χ1v) is 6.53. The van der Waals surface area contributed by atoms with Crippen molar-refractivity contribution in [2.24, 2.45) is 0 Å².